The summed E-state index contributed by atoms with van der Waals surface area (Å²) in [6.07, 6.45) is 0. The van der Waals surface area contributed by atoms with Crippen molar-refractivity contribution < 1.29 is 4.39 Å². The average Bonchev–Trinajstić information content (AvgIpc) is 2.94. The summed E-state index contributed by atoms with van der Waals surface area (Å²) in [7, 11) is 2.10. The minimum absolute atomic E-state index is 0.179. The van der Waals surface area contributed by atoms with Crippen molar-refractivity contribution in [3.63, 3.8) is 0 Å². The molecule has 0 aliphatic heterocycles. The molecule has 0 aliphatic rings. The lowest BCUT2D eigenvalue weighted by Gasteiger charge is -2.25. The van der Waals surface area contributed by atoms with Gasteiger partial charge in [0.15, 0.2) is 0 Å². The monoisotopic (exact) mass is 292 g/mol. The van der Waals surface area contributed by atoms with Crippen LogP contribution in [0, 0.1) is 5.82 Å². The van der Waals surface area contributed by atoms with Gasteiger partial charge in [-0.1, -0.05) is 18.2 Å². The number of hydrogen-bond acceptors (Lipinski definition) is 3. The highest BCUT2D eigenvalue weighted by Gasteiger charge is 2.09. The Hall–Kier alpha value is -1.23. The zero-order valence-electron chi connectivity index (χ0n) is 12.0. The Kier molecular flexibility index (Phi) is 5.71. The maximum atomic E-state index is 12.9. The van der Waals surface area contributed by atoms with Crippen LogP contribution in [0.25, 0.3) is 0 Å². The van der Waals surface area contributed by atoms with Crippen LogP contribution in [0.5, 0.6) is 0 Å². The van der Waals surface area contributed by atoms with Crippen LogP contribution in [-0.4, -0.2) is 24.5 Å². The molecule has 1 aromatic heterocycles. The number of thiophene rings is 1. The summed E-state index contributed by atoms with van der Waals surface area (Å²) in [5.41, 5.74) is 1.14. The van der Waals surface area contributed by atoms with E-state index >= 15 is 0 Å². The van der Waals surface area contributed by atoms with Gasteiger partial charge in [0.2, 0.25) is 0 Å². The molecule has 0 fully saturated rings. The highest BCUT2D eigenvalue weighted by molar-refractivity contribution is 7.09. The van der Waals surface area contributed by atoms with Crippen LogP contribution in [-0.2, 0) is 13.1 Å². The Morgan fingerprint density at radius 3 is 2.65 bits per heavy atom. The van der Waals surface area contributed by atoms with Crippen LogP contribution in [0.2, 0.25) is 0 Å². The predicted molar refractivity (Wildman–Crippen MR) is 83.4 cm³/mol. The number of benzene rings is 1. The zero-order chi connectivity index (χ0) is 14.4. The Bertz CT molecular complexity index is 496. The third-order valence-corrected chi connectivity index (χ3v) is 4.29. The molecule has 2 rings (SSSR count). The SMILES string of the molecule is CC(CNCc1cccs1)N(C)Cc1ccc(F)cc1. The van der Waals surface area contributed by atoms with Crippen LogP contribution >= 0.6 is 11.3 Å². The molecule has 1 aromatic carbocycles. The van der Waals surface area contributed by atoms with Crippen LogP contribution in [0.15, 0.2) is 41.8 Å². The highest BCUT2D eigenvalue weighted by Crippen LogP contribution is 2.09. The standard InChI is InChI=1S/C16H21FN2S/c1-13(10-18-11-16-4-3-9-20-16)19(2)12-14-5-7-15(17)8-6-14/h3-9,13,18H,10-12H2,1-2H3. The van der Waals surface area contributed by atoms with Crippen molar-refractivity contribution in [3.8, 4) is 0 Å². The minimum atomic E-state index is -0.179. The van der Waals surface area contributed by atoms with Gasteiger partial charge in [-0.3, -0.25) is 4.90 Å². The molecule has 0 bridgehead atoms. The topological polar surface area (TPSA) is 15.3 Å². The lowest BCUT2D eigenvalue weighted by molar-refractivity contribution is 0.242. The van der Waals surface area contributed by atoms with Crippen LogP contribution in [0.3, 0.4) is 0 Å². The predicted octanol–water partition coefficient (Wildman–Crippen LogP) is 3.50. The first kappa shape index (κ1) is 15.2. The van der Waals surface area contributed by atoms with Gasteiger partial charge in [-0.05, 0) is 43.1 Å². The Balaban J connectivity index is 1.73. The molecule has 0 radical (unpaired) electrons. The molecule has 1 heterocycles. The van der Waals surface area contributed by atoms with Crippen molar-refractivity contribution in [2.75, 3.05) is 13.6 Å². The van der Waals surface area contributed by atoms with Crippen molar-refractivity contribution in [2.45, 2.75) is 26.1 Å². The van der Waals surface area contributed by atoms with Gasteiger partial charge in [-0.25, -0.2) is 4.39 Å². The fourth-order valence-corrected chi connectivity index (χ4v) is 2.68. The minimum Gasteiger partial charge on any atom is -0.310 e. The second-order valence-electron chi connectivity index (χ2n) is 5.10. The largest absolute Gasteiger partial charge is 0.310 e. The van der Waals surface area contributed by atoms with Crippen LogP contribution < -0.4 is 5.32 Å². The van der Waals surface area contributed by atoms with Gasteiger partial charge in [-0.2, -0.15) is 0 Å². The van der Waals surface area contributed by atoms with Crippen molar-refractivity contribution in [1.29, 1.82) is 0 Å². The molecule has 1 atom stereocenters. The third kappa shape index (κ3) is 4.71. The third-order valence-electron chi connectivity index (χ3n) is 3.42. The second kappa shape index (κ2) is 7.53. The lowest BCUT2D eigenvalue weighted by atomic mass is 10.2. The quantitative estimate of drug-likeness (QED) is 0.840. The molecule has 0 saturated carbocycles. The summed E-state index contributed by atoms with van der Waals surface area (Å²) >= 11 is 1.78. The maximum Gasteiger partial charge on any atom is 0.123 e. The number of nitrogens with one attached hydrogen (secondary N) is 1. The van der Waals surface area contributed by atoms with Gasteiger partial charge in [0.1, 0.15) is 5.82 Å². The number of nitrogens with zero attached hydrogens (tertiary/aromatic N) is 1. The summed E-state index contributed by atoms with van der Waals surface area (Å²) < 4.78 is 12.9. The Morgan fingerprint density at radius 1 is 1.25 bits per heavy atom. The van der Waals surface area contributed by atoms with E-state index in [0.717, 1.165) is 25.2 Å². The number of halogens is 1. The summed E-state index contributed by atoms with van der Waals surface area (Å²) in [6, 6.07) is 11.4. The number of likely N-dealkylation sites (N-methyl/N-ethyl adjacent to an activating group) is 1. The molecule has 4 heteroatoms. The summed E-state index contributed by atoms with van der Waals surface area (Å²) in [5.74, 6) is -0.179. The normalized spacial score (nSPS) is 12.8. The fourth-order valence-electron chi connectivity index (χ4n) is 2.01. The Labute approximate surface area is 124 Å². The molecule has 0 amide bonds. The highest BCUT2D eigenvalue weighted by atomic mass is 32.1. The van der Waals surface area contributed by atoms with Crippen LogP contribution in [0.4, 0.5) is 4.39 Å². The smallest absolute Gasteiger partial charge is 0.123 e. The van der Waals surface area contributed by atoms with Gasteiger partial charge in [0, 0.05) is 30.6 Å². The number of hydrogen-bond donors (Lipinski definition) is 1. The molecular weight excluding hydrogens is 271 g/mol. The molecule has 1 unspecified atom stereocenters. The maximum absolute atomic E-state index is 12.9. The van der Waals surface area contributed by atoms with Gasteiger partial charge < -0.3 is 5.32 Å². The first-order valence-electron chi connectivity index (χ1n) is 6.83. The molecule has 20 heavy (non-hydrogen) atoms. The number of rotatable bonds is 7. The summed E-state index contributed by atoms with van der Waals surface area (Å²) in [6.45, 7) is 4.90. The molecule has 2 aromatic rings. The van der Waals surface area contributed by atoms with E-state index in [0.29, 0.717) is 6.04 Å². The molecular formula is C16H21FN2S. The van der Waals surface area contributed by atoms with Crippen molar-refractivity contribution in [3.05, 3.63) is 58.0 Å². The molecule has 1 N–H and O–H groups in total. The molecule has 108 valence electrons. The van der Waals surface area contributed by atoms with Gasteiger partial charge >= 0.3 is 0 Å². The van der Waals surface area contributed by atoms with E-state index in [1.54, 1.807) is 11.3 Å². The first-order chi connectivity index (χ1) is 9.65. The van der Waals surface area contributed by atoms with E-state index in [1.165, 1.54) is 17.0 Å². The molecule has 0 saturated heterocycles. The van der Waals surface area contributed by atoms with Crippen molar-refractivity contribution in [2.24, 2.45) is 0 Å². The Morgan fingerprint density at radius 2 is 2.00 bits per heavy atom. The summed E-state index contributed by atoms with van der Waals surface area (Å²) in [4.78, 5) is 3.63. The van der Waals surface area contributed by atoms with E-state index in [2.05, 4.69) is 41.7 Å². The average molecular weight is 292 g/mol. The second-order valence-corrected chi connectivity index (χ2v) is 6.13. The van der Waals surface area contributed by atoms with E-state index in [9.17, 15) is 4.39 Å². The van der Waals surface area contributed by atoms with Gasteiger partial charge in [0.05, 0.1) is 0 Å². The van der Waals surface area contributed by atoms with Crippen molar-refractivity contribution in [1.82, 2.24) is 10.2 Å². The first-order valence-corrected chi connectivity index (χ1v) is 7.71. The molecule has 0 aliphatic carbocycles. The van der Waals surface area contributed by atoms with Gasteiger partial charge in [-0.15, -0.1) is 11.3 Å². The van der Waals surface area contributed by atoms with Crippen molar-refractivity contribution >= 4 is 11.3 Å². The lowest BCUT2D eigenvalue weighted by Crippen LogP contribution is -2.37. The van der Waals surface area contributed by atoms with E-state index in [4.69, 9.17) is 0 Å². The molecule has 0 spiro atoms. The van der Waals surface area contributed by atoms with E-state index in [1.807, 2.05) is 12.1 Å². The zero-order valence-corrected chi connectivity index (χ0v) is 12.8. The summed E-state index contributed by atoms with van der Waals surface area (Å²) in [5, 5.41) is 5.57. The van der Waals surface area contributed by atoms with Gasteiger partial charge in [0.25, 0.3) is 0 Å². The van der Waals surface area contributed by atoms with E-state index < -0.39 is 0 Å². The molecule has 2 nitrogen and oxygen atoms in total. The van der Waals surface area contributed by atoms with Crippen LogP contribution in [0.1, 0.15) is 17.4 Å². The van der Waals surface area contributed by atoms with E-state index in [-0.39, 0.29) is 5.82 Å². The fraction of sp³-hybridized carbons (Fsp3) is 0.375.